The van der Waals surface area contributed by atoms with Crippen molar-refractivity contribution in [2.24, 2.45) is 12.2 Å². The smallest absolute Gasteiger partial charge is 0.159 e. The molecular formula is C15H14N4OS. The molecule has 0 atom stereocenters. The van der Waals surface area contributed by atoms with Crippen LogP contribution in [0.3, 0.4) is 0 Å². The van der Waals surface area contributed by atoms with Crippen molar-refractivity contribution in [2.75, 3.05) is 0 Å². The van der Waals surface area contributed by atoms with Crippen molar-refractivity contribution in [3.8, 4) is 0 Å². The third-order valence-corrected chi connectivity index (χ3v) is 3.78. The predicted octanol–water partition coefficient (Wildman–Crippen LogP) is 2.85. The minimum atomic E-state index is 0.341. The van der Waals surface area contributed by atoms with Crippen LogP contribution >= 0.6 is 11.3 Å². The molecule has 0 aromatic carbocycles. The van der Waals surface area contributed by atoms with Gasteiger partial charge in [0.2, 0.25) is 0 Å². The van der Waals surface area contributed by atoms with Gasteiger partial charge in [-0.15, -0.1) is 11.3 Å². The number of aromatic nitrogens is 3. The molecule has 0 fully saturated rings. The van der Waals surface area contributed by atoms with Crippen molar-refractivity contribution in [1.29, 1.82) is 0 Å². The number of pyridine rings is 1. The lowest BCUT2D eigenvalue weighted by molar-refractivity contribution is 0.128. The number of thiophene rings is 1. The zero-order valence-corrected chi connectivity index (χ0v) is 12.3. The lowest BCUT2D eigenvalue weighted by Crippen LogP contribution is -2.08. The maximum Gasteiger partial charge on any atom is 0.159 e. The Morgan fingerprint density at radius 2 is 2.29 bits per heavy atom. The first-order valence-corrected chi connectivity index (χ1v) is 7.33. The molecule has 0 spiro atoms. The van der Waals surface area contributed by atoms with Gasteiger partial charge in [0.1, 0.15) is 5.71 Å². The molecular weight excluding hydrogens is 284 g/mol. The molecule has 0 saturated heterocycles. The Hall–Kier alpha value is -2.47. The van der Waals surface area contributed by atoms with Crippen LogP contribution in [0, 0.1) is 0 Å². The van der Waals surface area contributed by atoms with Gasteiger partial charge in [0, 0.05) is 13.2 Å². The maximum absolute atomic E-state index is 5.48. The Balaban J connectivity index is 1.83. The zero-order valence-electron chi connectivity index (χ0n) is 11.5. The van der Waals surface area contributed by atoms with E-state index in [4.69, 9.17) is 4.84 Å². The Morgan fingerprint density at radius 1 is 1.33 bits per heavy atom. The van der Waals surface area contributed by atoms with E-state index in [1.165, 1.54) is 0 Å². The Labute approximate surface area is 126 Å². The molecule has 6 heteroatoms. The Morgan fingerprint density at radius 3 is 2.95 bits per heavy atom. The zero-order chi connectivity index (χ0) is 14.5. The Bertz CT molecular complexity index is 719. The SMILES string of the molecule is Cn1cncc1C(=NOCc1ccccn1)c1cccs1. The minimum Gasteiger partial charge on any atom is -0.389 e. The number of imidazole rings is 1. The lowest BCUT2D eigenvalue weighted by Gasteiger charge is -2.05. The largest absolute Gasteiger partial charge is 0.389 e. The van der Waals surface area contributed by atoms with Crippen molar-refractivity contribution in [3.63, 3.8) is 0 Å². The minimum absolute atomic E-state index is 0.341. The van der Waals surface area contributed by atoms with E-state index in [1.54, 1.807) is 30.1 Å². The summed E-state index contributed by atoms with van der Waals surface area (Å²) in [7, 11) is 1.93. The van der Waals surface area contributed by atoms with Crippen LogP contribution in [-0.4, -0.2) is 20.2 Å². The van der Waals surface area contributed by atoms with Gasteiger partial charge >= 0.3 is 0 Å². The molecule has 0 aliphatic rings. The fraction of sp³-hybridized carbons (Fsp3) is 0.133. The molecule has 3 rings (SSSR count). The topological polar surface area (TPSA) is 52.3 Å². The first kappa shape index (κ1) is 13.5. The van der Waals surface area contributed by atoms with Crippen molar-refractivity contribution in [3.05, 3.63) is 70.7 Å². The third-order valence-electron chi connectivity index (χ3n) is 2.91. The number of hydrogen-bond acceptors (Lipinski definition) is 5. The van der Waals surface area contributed by atoms with Crippen molar-refractivity contribution in [2.45, 2.75) is 6.61 Å². The first-order chi connectivity index (χ1) is 10.3. The summed E-state index contributed by atoms with van der Waals surface area (Å²) in [4.78, 5) is 14.9. The lowest BCUT2D eigenvalue weighted by atomic mass is 10.2. The molecule has 0 amide bonds. The summed E-state index contributed by atoms with van der Waals surface area (Å²) in [6.07, 6.45) is 5.27. The fourth-order valence-corrected chi connectivity index (χ4v) is 2.58. The third kappa shape index (κ3) is 3.17. The van der Waals surface area contributed by atoms with Gasteiger partial charge < -0.3 is 9.40 Å². The fourth-order valence-electron chi connectivity index (χ4n) is 1.86. The van der Waals surface area contributed by atoms with E-state index < -0.39 is 0 Å². The van der Waals surface area contributed by atoms with Crippen LogP contribution in [-0.2, 0) is 18.5 Å². The van der Waals surface area contributed by atoms with E-state index in [0.717, 1.165) is 22.0 Å². The molecule has 106 valence electrons. The highest BCUT2D eigenvalue weighted by Gasteiger charge is 2.12. The number of hydrogen-bond donors (Lipinski definition) is 0. The van der Waals surface area contributed by atoms with E-state index in [-0.39, 0.29) is 0 Å². The molecule has 5 nitrogen and oxygen atoms in total. The van der Waals surface area contributed by atoms with Crippen molar-refractivity contribution in [1.82, 2.24) is 14.5 Å². The van der Waals surface area contributed by atoms with Gasteiger partial charge in [0.25, 0.3) is 0 Å². The summed E-state index contributed by atoms with van der Waals surface area (Å²) in [6, 6.07) is 9.71. The number of rotatable bonds is 5. The van der Waals surface area contributed by atoms with Gasteiger partial charge in [-0.05, 0) is 23.6 Å². The molecule has 0 aliphatic carbocycles. The molecule has 3 heterocycles. The second-order valence-corrected chi connectivity index (χ2v) is 5.35. The van der Waals surface area contributed by atoms with Gasteiger partial charge in [-0.25, -0.2) is 4.98 Å². The van der Waals surface area contributed by atoms with Crippen molar-refractivity contribution >= 4 is 17.0 Å². The van der Waals surface area contributed by atoms with Gasteiger partial charge in [0.15, 0.2) is 6.61 Å². The normalized spacial score (nSPS) is 11.6. The van der Waals surface area contributed by atoms with E-state index in [9.17, 15) is 0 Å². The van der Waals surface area contributed by atoms with Gasteiger partial charge in [-0.2, -0.15) is 0 Å². The highest BCUT2D eigenvalue weighted by atomic mass is 32.1. The molecule has 3 aromatic heterocycles. The molecule has 0 radical (unpaired) electrons. The molecule has 0 bridgehead atoms. The van der Waals surface area contributed by atoms with Crippen LogP contribution in [0.1, 0.15) is 16.3 Å². The summed E-state index contributed by atoms with van der Waals surface area (Å²) >= 11 is 1.62. The molecule has 21 heavy (non-hydrogen) atoms. The molecule has 0 aliphatic heterocycles. The van der Waals surface area contributed by atoms with E-state index in [2.05, 4.69) is 15.1 Å². The monoisotopic (exact) mass is 298 g/mol. The highest BCUT2D eigenvalue weighted by Crippen LogP contribution is 2.16. The van der Waals surface area contributed by atoms with E-state index in [0.29, 0.717) is 6.61 Å². The summed E-state index contributed by atoms with van der Waals surface area (Å²) in [5, 5.41) is 6.30. The van der Waals surface area contributed by atoms with Crippen LogP contribution in [0.4, 0.5) is 0 Å². The molecule has 0 N–H and O–H groups in total. The van der Waals surface area contributed by atoms with Crippen LogP contribution in [0.5, 0.6) is 0 Å². The van der Waals surface area contributed by atoms with Gasteiger partial charge in [-0.1, -0.05) is 17.3 Å². The van der Waals surface area contributed by atoms with E-state index in [1.807, 2.05) is 47.3 Å². The second kappa shape index (κ2) is 6.32. The highest BCUT2D eigenvalue weighted by molar-refractivity contribution is 7.12. The average Bonchev–Trinajstić information content (AvgIpc) is 3.17. The molecule has 0 unspecified atom stereocenters. The first-order valence-electron chi connectivity index (χ1n) is 6.45. The van der Waals surface area contributed by atoms with Crippen LogP contribution in [0.15, 0.2) is 59.6 Å². The molecule has 0 saturated carbocycles. The number of oxime groups is 1. The predicted molar refractivity (Wildman–Crippen MR) is 82.2 cm³/mol. The van der Waals surface area contributed by atoms with Crippen molar-refractivity contribution < 1.29 is 4.84 Å². The maximum atomic E-state index is 5.48. The summed E-state index contributed by atoms with van der Waals surface area (Å²) in [5.41, 5.74) is 2.54. The number of nitrogens with zero attached hydrogens (tertiary/aromatic N) is 4. The van der Waals surface area contributed by atoms with Crippen LogP contribution in [0.25, 0.3) is 0 Å². The second-order valence-electron chi connectivity index (χ2n) is 4.40. The van der Waals surface area contributed by atoms with Crippen LogP contribution < -0.4 is 0 Å². The molecule has 3 aromatic rings. The summed E-state index contributed by atoms with van der Waals surface area (Å²) in [6.45, 7) is 0.341. The summed E-state index contributed by atoms with van der Waals surface area (Å²) < 4.78 is 1.92. The van der Waals surface area contributed by atoms with Gasteiger partial charge in [0.05, 0.1) is 28.8 Å². The Kier molecular flexibility index (Phi) is 4.07. The standard InChI is InChI=1S/C15H14N4OS/c1-19-11-16-9-13(19)15(14-6-4-8-21-14)18-20-10-12-5-2-3-7-17-12/h2-9,11H,10H2,1H3. The number of aryl methyl sites for hydroxylation is 1. The average molecular weight is 298 g/mol. The van der Waals surface area contributed by atoms with Gasteiger partial charge in [-0.3, -0.25) is 4.98 Å². The van der Waals surface area contributed by atoms with Crippen LogP contribution in [0.2, 0.25) is 0 Å². The quantitative estimate of drug-likeness (QED) is 0.537. The van der Waals surface area contributed by atoms with E-state index >= 15 is 0 Å². The summed E-state index contributed by atoms with van der Waals surface area (Å²) in [5.74, 6) is 0.